The van der Waals surface area contributed by atoms with Gasteiger partial charge in [0.15, 0.2) is 0 Å². The van der Waals surface area contributed by atoms with Gasteiger partial charge in [0.05, 0.1) is 0 Å². The zero-order chi connectivity index (χ0) is 17.5. The zero-order valence-corrected chi connectivity index (χ0v) is 14.1. The molecule has 0 aliphatic heterocycles. The third-order valence-corrected chi connectivity index (χ3v) is 4.97. The van der Waals surface area contributed by atoms with Crippen LogP contribution in [0.4, 0.5) is 5.82 Å². The Bertz CT molecular complexity index is 1170. The highest BCUT2D eigenvalue weighted by Crippen LogP contribution is 2.33. The van der Waals surface area contributed by atoms with Gasteiger partial charge in [0.25, 0.3) is 5.91 Å². The van der Waals surface area contributed by atoms with Crippen LogP contribution in [-0.2, 0) is 11.2 Å². The quantitative estimate of drug-likeness (QED) is 0.557. The highest BCUT2D eigenvalue weighted by Gasteiger charge is 2.20. The number of aromatic amines is 1. The number of carbonyl (C=O) groups excluding carboxylic acids is 1. The van der Waals surface area contributed by atoms with E-state index >= 15 is 0 Å². The lowest BCUT2D eigenvalue weighted by Gasteiger charge is -2.13. The minimum Gasteiger partial charge on any atom is -0.355 e. The molecule has 1 amide bonds. The molecule has 4 aromatic rings. The smallest absolute Gasteiger partial charge is 0.252 e. The molecule has 2 aromatic heterocycles. The summed E-state index contributed by atoms with van der Waals surface area (Å²) in [7, 11) is 0. The average Bonchev–Trinajstić information content (AvgIpc) is 3.03. The molecule has 0 saturated heterocycles. The van der Waals surface area contributed by atoms with Gasteiger partial charge in [-0.05, 0) is 59.5 Å². The molecule has 0 spiro atoms. The summed E-state index contributed by atoms with van der Waals surface area (Å²) >= 11 is 0. The van der Waals surface area contributed by atoms with E-state index in [4.69, 9.17) is 0 Å². The molecule has 2 N–H and O–H groups in total. The number of anilines is 1. The van der Waals surface area contributed by atoms with E-state index < -0.39 is 0 Å². The number of rotatable bonds is 2. The van der Waals surface area contributed by atoms with Gasteiger partial charge in [-0.1, -0.05) is 30.3 Å². The van der Waals surface area contributed by atoms with E-state index in [0.717, 1.165) is 29.6 Å². The number of amides is 1. The molecule has 0 bridgehead atoms. The summed E-state index contributed by atoms with van der Waals surface area (Å²) in [5, 5.41) is 6.58. The fourth-order valence-electron chi connectivity index (χ4n) is 3.67. The highest BCUT2D eigenvalue weighted by molar-refractivity contribution is 6.08. The van der Waals surface area contributed by atoms with Gasteiger partial charge in [-0.2, -0.15) is 0 Å². The maximum absolute atomic E-state index is 12.6. The number of fused-ring (bicyclic) bond motifs is 4. The van der Waals surface area contributed by atoms with E-state index in [1.54, 1.807) is 12.3 Å². The summed E-state index contributed by atoms with van der Waals surface area (Å²) < 4.78 is 0. The van der Waals surface area contributed by atoms with Crippen molar-refractivity contribution in [2.75, 3.05) is 5.32 Å². The van der Waals surface area contributed by atoms with E-state index in [0.29, 0.717) is 5.82 Å². The third kappa shape index (κ3) is 2.47. The molecule has 4 nitrogen and oxygen atoms in total. The Hall–Kier alpha value is -3.40. The number of benzene rings is 2. The van der Waals surface area contributed by atoms with Crippen LogP contribution in [0.5, 0.6) is 0 Å². The van der Waals surface area contributed by atoms with Crippen molar-refractivity contribution < 1.29 is 4.79 Å². The summed E-state index contributed by atoms with van der Waals surface area (Å²) in [5.41, 5.74) is 4.23. The van der Waals surface area contributed by atoms with Crippen LogP contribution in [0.2, 0.25) is 0 Å². The number of carbonyl (C=O) groups is 1. The number of aryl methyl sites for hydroxylation is 1. The van der Waals surface area contributed by atoms with Crippen molar-refractivity contribution in [1.29, 1.82) is 0 Å². The van der Waals surface area contributed by atoms with Crippen LogP contribution >= 0.6 is 0 Å². The number of aromatic nitrogens is 2. The number of hydrogen-bond donors (Lipinski definition) is 2. The van der Waals surface area contributed by atoms with Gasteiger partial charge in [-0.25, -0.2) is 4.98 Å². The molecule has 0 unspecified atom stereocenters. The fraction of sp³-hybridized carbons (Fsp3) is 0.0909. The van der Waals surface area contributed by atoms with Gasteiger partial charge in [-0.3, -0.25) is 4.79 Å². The third-order valence-electron chi connectivity index (χ3n) is 4.97. The van der Waals surface area contributed by atoms with E-state index in [1.165, 1.54) is 21.7 Å². The molecule has 2 aromatic carbocycles. The van der Waals surface area contributed by atoms with Crippen LogP contribution in [0.15, 0.2) is 66.4 Å². The second kappa shape index (κ2) is 5.85. The van der Waals surface area contributed by atoms with E-state index in [1.807, 2.05) is 18.2 Å². The predicted octanol–water partition coefficient (Wildman–Crippen LogP) is 4.68. The Labute approximate surface area is 150 Å². The van der Waals surface area contributed by atoms with Crippen LogP contribution in [0.3, 0.4) is 0 Å². The standard InChI is InChI=1S/C22H17N3O/c26-22(25-21-7-3-4-10-23-21)16-8-9-17-18-11-14-5-1-2-6-15(14)12-20(18)24-19(17)13-16/h1-7,10-13,24H,8-9H2,(H,23,25,26). The predicted molar refractivity (Wildman–Crippen MR) is 105 cm³/mol. The van der Waals surface area contributed by atoms with Gasteiger partial charge in [0, 0.05) is 28.4 Å². The lowest BCUT2D eigenvalue weighted by Crippen LogP contribution is -2.17. The Morgan fingerprint density at radius 1 is 1.00 bits per heavy atom. The SMILES string of the molecule is O=C(Nc1ccccn1)C1=Cc2[nH]c3cc4ccccc4cc3c2CC1. The van der Waals surface area contributed by atoms with E-state index in [-0.39, 0.29) is 5.91 Å². The van der Waals surface area contributed by atoms with Crippen LogP contribution in [0, 0.1) is 0 Å². The Balaban J connectivity index is 1.53. The first kappa shape index (κ1) is 14.9. The average molecular weight is 339 g/mol. The van der Waals surface area contributed by atoms with Gasteiger partial charge >= 0.3 is 0 Å². The molecule has 0 radical (unpaired) electrons. The Morgan fingerprint density at radius 2 is 1.81 bits per heavy atom. The van der Waals surface area contributed by atoms with Gasteiger partial charge in [0.1, 0.15) is 5.82 Å². The second-order valence-electron chi connectivity index (χ2n) is 6.60. The fourth-order valence-corrected chi connectivity index (χ4v) is 3.67. The highest BCUT2D eigenvalue weighted by atomic mass is 16.1. The molecule has 126 valence electrons. The summed E-state index contributed by atoms with van der Waals surface area (Å²) in [6, 6.07) is 18.3. The molecular weight excluding hydrogens is 322 g/mol. The number of nitrogens with one attached hydrogen (secondary N) is 2. The maximum Gasteiger partial charge on any atom is 0.252 e. The largest absolute Gasteiger partial charge is 0.355 e. The molecular formula is C22H17N3O. The molecule has 0 atom stereocenters. The van der Waals surface area contributed by atoms with Crippen molar-refractivity contribution in [3.8, 4) is 0 Å². The van der Waals surface area contributed by atoms with Crippen LogP contribution in [0.25, 0.3) is 27.8 Å². The summed E-state index contributed by atoms with van der Waals surface area (Å²) in [5.74, 6) is 0.491. The summed E-state index contributed by atoms with van der Waals surface area (Å²) in [6.07, 6.45) is 5.23. The number of hydrogen-bond acceptors (Lipinski definition) is 2. The second-order valence-corrected chi connectivity index (χ2v) is 6.60. The number of H-pyrrole nitrogens is 1. The first-order chi connectivity index (χ1) is 12.8. The normalized spacial score (nSPS) is 13.5. The van der Waals surface area contributed by atoms with Gasteiger partial charge in [0.2, 0.25) is 0 Å². The summed E-state index contributed by atoms with van der Waals surface area (Å²) in [6.45, 7) is 0. The van der Waals surface area contributed by atoms with Gasteiger partial charge < -0.3 is 10.3 Å². The van der Waals surface area contributed by atoms with Crippen LogP contribution in [0.1, 0.15) is 17.7 Å². The minimum absolute atomic E-state index is 0.0850. The molecule has 2 heterocycles. The first-order valence-corrected chi connectivity index (χ1v) is 8.74. The van der Waals surface area contributed by atoms with Crippen molar-refractivity contribution in [2.24, 2.45) is 0 Å². The van der Waals surface area contributed by atoms with Crippen molar-refractivity contribution >= 4 is 39.5 Å². The monoisotopic (exact) mass is 339 g/mol. The Kier molecular flexibility index (Phi) is 3.35. The molecule has 1 aliphatic carbocycles. The lowest BCUT2D eigenvalue weighted by molar-refractivity contribution is -0.112. The zero-order valence-electron chi connectivity index (χ0n) is 14.1. The number of pyridine rings is 1. The Morgan fingerprint density at radius 3 is 2.62 bits per heavy atom. The van der Waals surface area contributed by atoms with Crippen molar-refractivity contribution in [1.82, 2.24) is 9.97 Å². The molecule has 5 rings (SSSR count). The topological polar surface area (TPSA) is 57.8 Å². The minimum atomic E-state index is -0.0850. The van der Waals surface area contributed by atoms with Crippen LogP contribution in [-0.4, -0.2) is 15.9 Å². The first-order valence-electron chi connectivity index (χ1n) is 8.74. The molecule has 0 saturated carbocycles. The molecule has 4 heteroatoms. The summed E-state index contributed by atoms with van der Waals surface area (Å²) in [4.78, 5) is 20.2. The van der Waals surface area contributed by atoms with Crippen molar-refractivity contribution in [3.05, 3.63) is 77.6 Å². The van der Waals surface area contributed by atoms with E-state index in [9.17, 15) is 4.79 Å². The van der Waals surface area contributed by atoms with Crippen molar-refractivity contribution in [2.45, 2.75) is 12.8 Å². The molecule has 1 aliphatic rings. The van der Waals surface area contributed by atoms with Crippen LogP contribution < -0.4 is 5.32 Å². The van der Waals surface area contributed by atoms with Gasteiger partial charge in [-0.15, -0.1) is 0 Å². The maximum atomic E-state index is 12.6. The number of nitrogens with zero attached hydrogens (tertiary/aromatic N) is 1. The lowest BCUT2D eigenvalue weighted by atomic mass is 9.94. The molecule has 0 fully saturated rings. The van der Waals surface area contributed by atoms with Crippen molar-refractivity contribution in [3.63, 3.8) is 0 Å². The van der Waals surface area contributed by atoms with E-state index in [2.05, 4.69) is 51.7 Å². The molecule has 26 heavy (non-hydrogen) atoms.